The number of hydrogen-bond acceptors (Lipinski definition) is 7. The first kappa shape index (κ1) is 23.6. The normalized spacial score (nSPS) is 14.8. The van der Waals surface area contributed by atoms with E-state index in [4.69, 9.17) is 9.47 Å². The van der Waals surface area contributed by atoms with Gasteiger partial charge >= 0.3 is 0 Å². The number of ketones is 1. The van der Waals surface area contributed by atoms with Gasteiger partial charge in [-0.3, -0.25) is 9.59 Å². The van der Waals surface area contributed by atoms with Gasteiger partial charge in [0.25, 0.3) is 5.91 Å². The summed E-state index contributed by atoms with van der Waals surface area (Å²) in [7, 11) is -2.43. The number of methoxy groups -OCH3 is 1. The largest absolute Gasteiger partial charge is 0.507 e. The Bertz CT molecular complexity index is 1120. The Morgan fingerprint density at radius 3 is 2.34 bits per heavy atom. The summed E-state index contributed by atoms with van der Waals surface area (Å²) < 4.78 is 37.9. The second kappa shape index (κ2) is 9.58. The number of amides is 1. The highest BCUT2D eigenvalue weighted by Gasteiger charge is 2.32. The van der Waals surface area contributed by atoms with E-state index in [1.54, 1.807) is 31.2 Å². The van der Waals surface area contributed by atoms with E-state index in [2.05, 4.69) is 0 Å². The van der Waals surface area contributed by atoms with Gasteiger partial charge in [-0.2, -0.15) is 4.31 Å². The number of ether oxygens (including phenoxy) is 2. The maximum atomic E-state index is 12.9. The molecule has 0 aromatic heterocycles. The molecule has 0 spiro atoms. The van der Waals surface area contributed by atoms with Crippen LogP contribution in [0.15, 0.2) is 41.3 Å². The predicted octanol–water partition coefficient (Wildman–Crippen LogP) is 1.82. The van der Waals surface area contributed by atoms with Crippen molar-refractivity contribution in [2.24, 2.45) is 0 Å². The molecule has 0 aliphatic carbocycles. The Balaban J connectivity index is 1.60. The molecule has 1 amide bonds. The maximum Gasteiger partial charge on any atom is 0.260 e. The van der Waals surface area contributed by atoms with Gasteiger partial charge in [0, 0.05) is 31.7 Å². The van der Waals surface area contributed by atoms with Crippen molar-refractivity contribution >= 4 is 21.7 Å². The van der Waals surface area contributed by atoms with Crippen LogP contribution in [0, 0.1) is 6.92 Å². The van der Waals surface area contributed by atoms with Crippen LogP contribution in [-0.2, 0) is 14.8 Å². The van der Waals surface area contributed by atoms with Crippen molar-refractivity contribution < 1.29 is 32.6 Å². The minimum Gasteiger partial charge on any atom is -0.507 e. The van der Waals surface area contributed by atoms with Gasteiger partial charge < -0.3 is 19.5 Å². The van der Waals surface area contributed by atoms with E-state index in [0.29, 0.717) is 17.1 Å². The molecule has 3 rings (SSSR count). The van der Waals surface area contributed by atoms with Gasteiger partial charge in [-0.05, 0) is 49.7 Å². The van der Waals surface area contributed by atoms with E-state index in [-0.39, 0.29) is 55.1 Å². The minimum absolute atomic E-state index is 0.109. The first-order valence-corrected chi connectivity index (χ1v) is 11.5. The van der Waals surface area contributed by atoms with Crippen LogP contribution in [0.25, 0.3) is 0 Å². The van der Waals surface area contributed by atoms with Gasteiger partial charge in [0.05, 0.1) is 7.11 Å². The van der Waals surface area contributed by atoms with Crippen LogP contribution in [0.4, 0.5) is 0 Å². The molecule has 2 aromatic rings. The van der Waals surface area contributed by atoms with Gasteiger partial charge in [-0.15, -0.1) is 0 Å². The Labute approximate surface area is 187 Å². The molecule has 0 unspecified atom stereocenters. The fraction of sp³-hybridized carbons (Fsp3) is 0.364. The number of piperazine rings is 1. The fourth-order valence-electron chi connectivity index (χ4n) is 3.38. The zero-order valence-electron chi connectivity index (χ0n) is 18.2. The van der Waals surface area contributed by atoms with Crippen molar-refractivity contribution in [3.8, 4) is 17.2 Å². The van der Waals surface area contributed by atoms with Crippen LogP contribution in [-0.4, -0.2) is 74.3 Å². The molecule has 10 heteroatoms. The van der Waals surface area contributed by atoms with Gasteiger partial charge in [0.2, 0.25) is 10.0 Å². The van der Waals surface area contributed by atoms with Crippen LogP contribution in [0.3, 0.4) is 0 Å². The lowest BCUT2D eigenvalue weighted by molar-refractivity contribution is -0.134. The van der Waals surface area contributed by atoms with Gasteiger partial charge in [-0.25, -0.2) is 8.42 Å². The number of sulfonamides is 1. The van der Waals surface area contributed by atoms with Crippen LogP contribution < -0.4 is 9.47 Å². The lowest BCUT2D eigenvalue weighted by Gasteiger charge is -2.34. The molecule has 1 saturated heterocycles. The molecule has 0 atom stereocenters. The van der Waals surface area contributed by atoms with E-state index < -0.39 is 10.0 Å². The summed E-state index contributed by atoms with van der Waals surface area (Å²) in [6.07, 6.45) is 0. The summed E-state index contributed by atoms with van der Waals surface area (Å²) in [5.74, 6) is -0.0236. The third kappa shape index (κ3) is 5.03. The number of carbonyl (C=O) groups is 2. The summed E-state index contributed by atoms with van der Waals surface area (Å²) in [6, 6.07) is 9.13. The number of phenolic OH excluding ortho intramolecular Hbond substituents is 1. The number of hydrogen-bond donors (Lipinski definition) is 1. The fourth-order valence-corrected chi connectivity index (χ4v) is 4.97. The SMILES string of the molecule is COc1cc(C(C)=O)ccc1OCC(=O)N1CCN(S(=O)(=O)c2cc(C)ccc2O)CC1. The van der Waals surface area contributed by atoms with Crippen LogP contribution >= 0.6 is 0 Å². The molecule has 32 heavy (non-hydrogen) atoms. The zero-order valence-corrected chi connectivity index (χ0v) is 19.0. The van der Waals surface area contributed by atoms with Crippen molar-refractivity contribution in [1.82, 2.24) is 9.21 Å². The molecule has 0 radical (unpaired) electrons. The van der Waals surface area contributed by atoms with Crippen molar-refractivity contribution in [3.63, 3.8) is 0 Å². The second-order valence-corrected chi connectivity index (χ2v) is 9.37. The summed E-state index contributed by atoms with van der Waals surface area (Å²) in [4.78, 5) is 25.5. The van der Waals surface area contributed by atoms with Gasteiger partial charge in [0.15, 0.2) is 23.9 Å². The molecule has 1 heterocycles. The molecule has 9 nitrogen and oxygen atoms in total. The predicted molar refractivity (Wildman–Crippen MR) is 117 cm³/mol. The highest BCUT2D eigenvalue weighted by atomic mass is 32.2. The third-order valence-electron chi connectivity index (χ3n) is 5.25. The van der Waals surface area contributed by atoms with Crippen molar-refractivity contribution in [2.45, 2.75) is 18.7 Å². The van der Waals surface area contributed by atoms with Crippen molar-refractivity contribution in [3.05, 3.63) is 47.5 Å². The number of aromatic hydroxyl groups is 1. The van der Waals surface area contributed by atoms with E-state index >= 15 is 0 Å². The quantitative estimate of drug-likeness (QED) is 0.625. The highest BCUT2D eigenvalue weighted by Crippen LogP contribution is 2.29. The number of carbonyl (C=O) groups excluding carboxylic acids is 2. The molecular weight excluding hydrogens is 436 g/mol. The van der Waals surface area contributed by atoms with E-state index in [9.17, 15) is 23.1 Å². The topological polar surface area (TPSA) is 113 Å². The van der Waals surface area contributed by atoms with Gasteiger partial charge in [0.1, 0.15) is 10.6 Å². The summed E-state index contributed by atoms with van der Waals surface area (Å²) in [5.41, 5.74) is 1.19. The Morgan fingerprint density at radius 1 is 1.03 bits per heavy atom. The maximum absolute atomic E-state index is 12.9. The average Bonchev–Trinajstić information content (AvgIpc) is 2.78. The number of aryl methyl sites for hydroxylation is 1. The average molecular weight is 463 g/mol. The first-order valence-electron chi connectivity index (χ1n) is 10.0. The van der Waals surface area contributed by atoms with Crippen molar-refractivity contribution in [1.29, 1.82) is 0 Å². The van der Waals surface area contributed by atoms with Gasteiger partial charge in [-0.1, -0.05) is 6.07 Å². The number of nitrogens with zero attached hydrogens (tertiary/aromatic N) is 2. The number of phenols is 1. The molecule has 1 fully saturated rings. The number of Topliss-reactive ketones (excluding diaryl/α,β-unsaturated/α-hetero) is 1. The highest BCUT2D eigenvalue weighted by molar-refractivity contribution is 7.89. The summed E-state index contributed by atoms with van der Waals surface area (Å²) in [6.45, 7) is 3.57. The lowest BCUT2D eigenvalue weighted by atomic mass is 10.1. The minimum atomic E-state index is -3.87. The van der Waals surface area contributed by atoms with Crippen LogP contribution in [0.5, 0.6) is 17.2 Å². The van der Waals surface area contributed by atoms with E-state index in [1.165, 1.54) is 35.4 Å². The van der Waals surface area contributed by atoms with E-state index in [0.717, 1.165) is 5.56 Å². The molecule has 1 aliphatic heterocycles. The number of benzene rings is 2. The van der Waals surface area contributed by atoms with Crippen LogP contribution in [0.2, 0.25) is 0 Å². The molecule has 2 aromatic carbocycles. The van der Waals surface area contributed by atoms with Crippen LogP contribution in [0.1, 0.15) is 22.8 Å². The third-order valence-corrected chi connectivity index (χ3v) is 7.17. The molecule has 1 aliphatic rings. The summed E-state index contributed by atoms with van der Waals surface area (Å²) >= 11 is 0. The molecule has 0 bridgehead atoms. The first-order chi connectivity index (χ1) is 15.1. The zero-order chi connectivity index (χ0) is 23.5. The summed E-state index contributed by atoms with van der Waals surface area (Å²) in [5, 5.41) is 9.99. The standard InChI is InChI=1S/C22H26N2O7S/c1-15-4-6-18(26)21(12-15)32(28,29)24-10-8-23(9-11-24)22(27)14-31-19-7-5-17(16(2)25)13-20(19)30-3/h4-7,12-13,26H,8-11,14H2,1-3H3. The molecule has 1 N–H and O–H groups in total. The lowest BCUT2D eigenvalue weighted by Crippen LogP contribution is -2.51. The molecule has 0 saturated carbocycles. The monoisotopic (exact) mass is 462 g/mol. The molecule has 172 valence electrons. The second-order valence-electron chi connectivity index (χ2n) is 7.47. The Kier molecular flexibility index (Phi) is 7.05. The van der Waals surface area contributed by atoms with Crippen molar-refractivity contribution in [2.75, 3.05) is 39.9 Å². The smallest absolute Gasteiger partial charge is 0.260 e. The Morgan fingerprint density at radius 2 is 1.72 bits per heavy atom. The molecular formula is C22H26N2O7S. The Hall–Kier alpha value is -3.11. The number of rotatable bonds is 7. The van der Waals surface area contributed by atoms with E-state index in [1.807, 2.05) is 0 Å².